The van der Waals surface area contributed by atoms with E-state index in [1.165, 1.54) is 0 Å². The maximum atomic E-state index is 12.0. The third-order valence-corrected chi connectivity index (χ3v) is 3.17. The minimum Gasteiger partial charge on any atom is -0.497 e. The highest BCUT2D eigenvalue weighted by molar-refractivity contribution is 5.85. The van der Waals surface area contributed by atoms with E-state index in [9.17, 15) is 4.79 Å². The van der Waals surface area contributed by atoms with Crippen LogP contribution in [-0.2, 0) is 11.3 Å². The molecule has 5 heteroatoms. The Hall–Kier alpha value is -1.26. The minimum absolute atomic E-state index is 0. The summed E-state index contributed by atoms with van der Waals surface area (Å²) < 4.78 is 5.12. The van der Waals surface area contributed by atoms with Gasteiger partial charge in [0.15, 0.2) is 0 Å². The van der Waals surface area contributed by atoms with Crippen molar-refractivity contribution in [2.24, 2.45) is 5.73 Å². The number of halogens is 1. The molecule has 0 radical (unpaired) electrons. The Bertz CT molecular complexity index is 416. The van der Waals surface area contributed by atoms with Gasteiger partial charge in [-0.1, -0.05) is 12.1 Å². The normalized spacial score (nSPS) is 15.3. The quantitative estimate of drug-likeness (QED) is 0.899. The number of hydrogen-bond acceptors (Lipinski definition) is 3. The summed E-state index contributed by atoms with van der Waals surface area (Å²) in [6, 6.07) is 7.76. The van der Waals surface area contributed by atoms with Crippen molar-refractivity contribution in [3.05, 3.63) is 29.8 Å². The monoisotopic (exact) mass is 284 g/mol. The van der Waals surface area contributed by atoms with Crippen molar-refractivity contribution in [1.29, 1.82) is 0 Å². The number of benzene rings is 1. The molecule has 1 aliphatic rings. The summed E-state index contributed by atoms with van der Waals surface area (Å²) in [5, 5.41) is 0. The van der Waals surface area contributed by atoms with E-state index >= 15 is 0 Å². The molecule has 0 unspecified atom stereocenters. The molecule has 0 spiro atoms. The van der Waals surface area contributed by atoms with Gasteiger partial charge in [0, 0.05) is 12.6 Å². The summed E-state index contributed by atoms with van der Waals surface area (Å²) in [5.41, 5.74) is 6.80. The maximum Gasteiger partial charge on any atom is 0.239 e. The zero-order chi connectivity index (χ0) is 13.1. The fourth-order valence-electron chi connectivity index (χ4n) is 1.96. The highest BCUT2D eigenvalue weighted by atomic mass is 35.5. The van der Waals surface area contributed by atoms with E-state index < -0.39 is 6.04 Å². The molecule has 0 saturated heterocycles. The number of nitrogens with zero attached hydrogens (tertiary/aromatic N) is 1. The second-order valence-corrected chi connectivity index (χ2v) is 4.83. The number of hydrogen-bond donors (Lipinski definition) is 1. The van der Waals surface area contributed by atoms with Crippen LogP contribution in [0, 0.1) is 0 Å². The van der Waals surface area contributed by atoms with Crippen LogP contribution < -0.4 is 10.5 Å². The lowest BCUT2D eigenvalue weighted by atomic mass is 10.2. The molecule has 0 aliphatic heterocycles. The van der Waals surface area contributed by atoms with E-state index in [1.54, 1.807) is 14.0 Å². The second-order valence-electron chi connectivity index (χ2n) is 4.83. The van der Waals surface area contributed by atoms with Crippen LogP contribution in [-0.4, -0.2) is 30.0 Å². The predicted molar refractivity (Wildman–Crippen MR) is 77.5 cm³/mol. The van der Waals surface area contributed by atoms with Gasteiger partial charge in [0.2, 0.25) is 5.91 Å². The van der Waals surface area contributed by atoms with Crippen molar-refractivity contribution in [1.82, 2.24) is 4.90 Å². The molecule has 0 heterocycles. The van der Waals surface area contributed by atoms with E-state index in [0.29, 0.717) is 12.6 Å². The first-order valence-electron chi connectivity index (χ1n) is 6.31. The zero-order valence-corrected chi connectivity index (χ0v) is 12.2. The van der Waals surface area contributed by atoms with Gasteiger partial charge in [0.25, 0.3) is 0 Å². The highest BCUT2D eigenvalue weighted by Crippen LogP contribution is 2.29. The number of nitrogens with two attached hydrogens (primary N) is 1. The lowest BCUT2D eigenvalue weighted by molar-refractivity contribution is -0.133. The molecular weight excluding hydrogens is 264 g/mol. The van der Waals surface area contributed by atoms with Crippen LogP contribution in [0.1, 0.15) is 25.3 Å². The molecule has 106 valence electrons. The van der Waals surface area contributed by atoms with Gasteiger partial charge >= 0.3 is 0 Å². The molecule has 19 heavy (non-hydrogen) atoms. The van der Waals surface area contributed by atoms with Crippen LogP contribution in [0.2, 0.25) is 0 Å². The Kier molecular flexibility index (Phi) is 5.63. The van der Waals surface area contributed by atoms with Crippen molar-refractivity contribution < 1.29 is 9.53 Å². The maximum absolute atomic E-state index is 12.0. The Balaban J connectivity index is 0.00000180. The predicted octanol–water partition coefficient (Wildman–Crippen LogP) is 1.96. The third-order valence-electron chi connectivity index (χ3n) is 3.17. The van der Waals surface area contributed by atoms with Gasteiger partial charge in [0.05, 0.1) is 13.2 Å². The molecule has 1 aromatic carbocycles. The molecule has 4 nitrogen and oxygen atoms in total. The number of carbonyl (C=O) groups excluding carboxylic acids is 1. The van der Waals surface area contributed by atoms with Crippen LogP contribution in [0.5, 0.6) is 5.75 Å². The molecule has 1 amide bonds. The smallest absolute Gasteiger partial charge is 0.239 e. The summed E-state index contributed by atoms with van der Waals surface area (Å²) >= 11 is 0. The van der Waals surface area contributed by atoms with Gasteiger partial charge in [0.1, 0.15) is 5.75 Å². The van der Waals surface area contributed by atoms with E-state index in [2.05, 4.69) is 0 Å². The van der Waals surface area contributed by atoms with Gasteiger partial charge < -0.3 is 15.4 Å². The van der Waals surface area contributed by atoms with E-state index in [4.69, 9.17) is 10.5 Å². The lowest BCUT2D eigenvalue weighted by Crippen LogP contribution is -2.42. The first-order chi connectivity index (χ1) is 8.61. The first-order valence-corrected chi connectivity index (χ1v) is 6.31. The van der Waals surface area contributed by atoms with Gasteiger partial charge in [-0.05, 0) is 37.5 Å². The van der Waals surface area contributed by atoms with Gasteiger partial charge in [-0.3, -0.25) is 4.79 Å². The molecule has 1 fully saturated rings. The van der Waals surface area contributed by atoms with Crippen molar-refractivity contribution >= 4 is 18.3 Å². The van der Waals surface area contributed by atoms with E-state index in [-0.39, 0.29) is 18.3 Å². The van der Waals surface area contributed by atoms with Crippen LogP contribution in [0.15, 0.2) is 24.3 Å². The topological polar surface area (TPSA) is 55.6 Å². The fourth-order valence-corrected chi connectivity index (χ4v) is 1.96. The van der Waals surface area contributed by atoms with Crippen LogP contribution in [0.25, 0.3) is 0 Å². The Labute approximate surface area is 120 Å². The number of rotatable bonds is 5. The van der Waals surface area contributed by atoms with Crippen molar-refractivity contribution in [2.45, 2.75) is 38.4 Å². The van der Waals surface area contributed by atoms with Crippen molar-refractivity contribution in [3.8, 4) is 5.75 Å². The first kappa shape index (κ1) is 15.8. The van der Waals surface area contributed by atoms with Gasteiger partial charge in [-0.15, -0.1) is 12.4 Å². The Morgan fingerprint density at radius 1 is 1.42 bits per heavy atom. The Morgan fingerprint density at radius 2 is 2.00 bits per heavy atom. The van der Waals surface area contributed by atoms with Crippen LogP contribution >= 0.6 is 12.4 Å². The summed E-state index contributed by atoms with van der Waals surface area (Å²) in [7, 11) is 1.64. The van der Waals surface area contributed by atoms with Crippen LogP contribution in [0.3, 0.4) is 0 Å². The molecule has 2 N–H and O–H groups in total. The average molecular weight is 285 g/mol. The molecule has 0 aromatic heterocycles. The SMILES string of the molecule is COc1ccc(CN(C(=O)[C@@H](C)N)C2CC2)cc1.Cl. The summed E-state index contributed by atoms with van der Waals surface area (Å²) in [6.07, 6.45) is 2.18. The second kappa shape index (κ2) is 6.78. The van der Waals surface area contributed by atoms with Crippen molar-refractivity contribution in [3.63, 3.8) is 0 Å². The van der Waals surface area contributed by atoms with Gasteiger partial charge in [-0.2, -0.15) is 0 Å². The van der Waals surface area contributed by atoms with E-state index in [0.717, 1.165) is 24.2 Å². The highest BCUT2D eigenvalue weighted by Gasteiger charge is 2.33. The summed E-state index contributed by atoms with van der Waals surface area (Å²) in [6.45, 7) is 2.38. The molecule has 0 bridgehead atoms. The minimum atomic E-state index is -0.427. The van der Waals surface area contributed by atoms with Crippen LogP contribution in [0.4, 0.5) is 0 Å². The molecule has 1 saturated carbocycles. The molecule has 1 atom stereocenters. The average Bonchev–Trinajstić information content (AvgIpc) is 3.20. The summed E-state index contributed by atoms with van der Waals surface area (Å²) in [5.74, 6) is 0.864. The largest absolute Gasteiger partial charge is 0.497 e. The molecular formula is C14H21ClN2O2. The van der Waals surface area contributed by atoms with E-state index in [1.807, 2.05) is 29.2 Å². The zero-order valence-electron chi connectivity index (χ0n) is 11.3. The number of amides is 1. The number of ether oxygens (including phenoxy) is 1. The standard InChI is InChI=1S/C14H20N2O2.ClH/c1-10(15)14(17)16(12-5-6-12)9-11-3-7-13(18-2)8-4-11;/h3-4,7-8,10,12H,5-6,9,15H2,1-2H3;1H/t10-;/m1./s1. The van der Waals surface area contributed by atoms with Crippen molar-refractivity contribution in [2.75, 3.05) is 7.11 Å². The number of methoxy groups -OCH3 is 1. The molecule has 1 aromatic rings. The Morgan fingerprint density at radius 3 is 2.42 bits per heavy atom. The van der Waals surface area contributed by atoms with Gasteiger partial charge in [-0.25, -0.2) is 0 Å². The lowest BCUT2D eigenvalue weighted by Gasteiger charge is -2.24. The molecule has 2 rings (SSSR count). The molecule has 1 aliphatic carbocycles. The summed E-state index contributed by atoms with van der Waals surface area (Å²) in [4.78, 5) is 13.9. The fraction of sp³-hybridized carbons (Fsp3) is 0.500. The number of carbonyl (C=O) groups is 1. The third kappa shape index (κ3) is 4.11.